The Kier molecular flexibility index (Phi) is 8.00. The zero-order chi connectivity index (χ0) is 19.6. The fraction of sp³-hybridized carbons (Fsp3) is 0.450. The van der Waals surface area contributed by atoms with Crippen molar-refractivity contribution in [1.29, 1.82) is 0 Å². The predicted molar refractivity (Wildman–Crippen MR) is 103 cm³/mol. The number of hydrogen-bond acceptors (Lipinski definition) is 5. The zero-order valence-electron chi connectivity index (χ0n) is 16.1. The maximum Gasteiger partial charge on any atom is 0.274 e. The molecule has 0 aliphatic carbocycles. The highest BCUT2D eigenvalue weighted by molar-refractivity contribution is 5.92. The molecule has 1 amide bonds. The van der Waals surface area contributed by atoms with Crippen LogP contribution in [0.3, 0.4) is 0 Å². The number of methoxy groups -OCH3 is 1. The molecule has 2 rings (SSSR count). The van der Waals surface area contributed by atoms with Gasteiger partial charge in [0.1, 0.15) is 18.1 Å². The van der Waals surface area contributed by atoms with Gasteiger partial charge in [0.05, 0.1) is 13.2 Å². The maximum atomic E-state index is 12.8. The molecule has 0 unspecified atom stereocenters. The van der Waals surface area contributed by atoms with Gasteiger partial charge in [-0.3, -0.25) is 9.59 Å². The molecule has 0 bridgehead atoms. The third kappa shape index (κ3) is 6.53. The van der Waals surface area contributed by atoms with Crippen molar-refractivity contribution < 1.29 is 14.3 Å². The molecule has 1 aromatic carbocycles. The van der Waals surface area contributed by atoms with E-state index in [1.54, 1.807) is 12.0 Å². The van der Waals surface area contributed by atoms with E-state index in [9.17, 15) is 9.59 Å². The lowest BCUT2D eigenvalue weighted by atomic mass is 10.2. The van der Waals surface area contributed by atoms with Crippen LogP contribution in [0, 0.1) is 5.92 Å². The average molecular weight is 373 g/mol. The summed E-state index contributed by atoms with van der Waals surface area (Å²) in [4.78, 5) is 26.6. The van der Waals surface area contributed by atoms with Crippen molar-refractivity contribution in [2.75, 3.05) is 33.4 Å². The summed E-state index contributed by atoms with van der Waals surface area (Å²) in [5.74, 6) is 0.829. The lowest BCUT2D eigenvalue weighted by Gasteiger charge is -2.24. The Morgan fingerprint density at radius 2 is 1.89 bits per heavy atom. The van der Waals surface area contributed by atoms with Crippen molar-refractivity contribution in [2.45, 2.75) is 20.4 Å². The number of amides is 1. The van der Waals surface area contributed by atoms with Gasteiger partial charge in [0.2, 0.25) is 0 Å². The molecular weight excluding hydrogens is 346 g/mol. The molecule has 2 aromatic rings. The van der Waals surface area contributed by atoms with E-state index < -0.39 is 0 Å². The van der Waals surface area contributed by atoms with Crippen LogP contribution in [0.5, 0.6) is 5.75 Å². The number of ether oxygens (including phenoxy) is 2. The van der Waals surface area contributed by atoms with Gasteiger partial charge in [-0.15, -0.1) is 0 Å². The number of para-hydroxylation sites is 1. The largest absolute Gasteiger partial charge is 0.492 e. The summed E-state index contributed by atoms with van der Waals surface area (Å²) in [6, 6.07) is 12.2. The van der Waals surface area contributed by atoms with Gasteiger partial charge in [-0.05, 0) is 24.1 Å². The van der Waals surface area contributed by atoms with Crippen LogP contribution in [-0.2, 0) is 11.3 Å². The summed E-state index contributed by atoms with van der Waals surface area (Å²) < 4.78 is 12.0. The molecule has 0 aliphatic rings. The Balaban J connectivity index is 2.07. The van der Waals surface area contributed by atoms with Crippen LogP contribution in [0.25, 0.3) is 0 Å². The molecule has 0 radical (unpaired) electrons. The van der Waals surface area contributed by atoms with Crippen LogP contribution in [0.4, 0.5) is 0 Å². The molecule has 0 N–H and O–H groups in total. The molecule has 0 spiro atoms. The van der Waals surface area contributed by atoms with Crippen LogP contribution in [-0.4, -0.2) is 54.0 Å². The maximum absolute atomic E-state index is 12.8. The highest BCUT2D eigenvalue weighted by Crippen LogP contribution is 2.08. The topological polar surface area (TPSA) is 73.7 Å². The van der Waals surface area contributed by atoms with Gasteiger partial charge in [-0.1, -0.05) is 32.0 Å². The second kappa shape index (κ2) is 10.5. The fourth-order valence-corrected chi connectivity index (χ4v) is 2.57. The average Bonchev–Trinajstić information content (AvgIpc) is 2.66. The number of hydrogen-bond donors (Lipinski definition) is 0. The molecule has 0 atom stereocenters. The van der Waals surface area contributed by atoms with Crippen LogP contribution in [0.15, 0.2) is 47.3 Å². The lowest BCUT2D eigenvalue weighted by molar-refractivity contribution is 0.0663. The molecule has 0 aliphatic heterocycles. The monoisotopic (exact) mass is 373 g/mol. The number of carbonyl (C=O) groups excluding carboxylic acids is 1. The lowest BCUT2D eigenvalue weighted by Crippen LogP contribution is -2.38. The smallest absolute Gasteiger partial charge is 0.274 e. The van der Waals surface area contributed by atoms with Crippen molar-refractivity contribution in [3.05, 3.63) is 58.5 Å². The van der Waals surface area contributed by atoms with E-state index >= 15 is 0 Å². The van der Waals surface area contributed by atoms with E-state index in [1.807, 2.05) is 44.2 Å². The second-order valence-electron chi connectivity index (χ2n) is 6.58. The Morgan fingerprint density at radius 1 is 1.15 bits per heavy atom. The molecule has 1 aromatic heterocycles. The van der Waals surface area contributed by atoms with Gasteiger partial charge in [0, 0.05) is 26.3 Å². The number of nitrogens with zero attached hydrogens (tertiary/aromatic N) is 3. The SMILES string of the molecule is COCCN(CC(C)C)C(=O)c1ccc(=O)n(CCOc2ccccc2)n1. The van der Waals surface area contributed by atoms with Gasteiger partial charge < -0.3 is 14.4 Å². The summed E-state index contributed by atoms with van der Waals surface area (Å²) in [6.07, 6.45) is 0. The number of aromatic nitrogens is 2. The van der Waals surface area contributed by atoms with Crippen LogP contribution in [0.1, 0.15) is 24.3 Å². The molecular formula is C20H27N3O4. The summed E-state index contributed by atoms with van der Waals surface area (Å²) in [5, 5.41) is 4.23. The van der Waals surface area contributed by atoms with E-state index in [4.69, 9.17) is 9.47 Å². The first kappa shape index (κ1) is 20.6. The first-order chi connectivity index (χ1) is 13.0. The predicted octanol–water partition coefficient (Wildman–Crippen LogP) is 2.07. The first-order valence-corrected chi connectivity index (χ1v) is 9.05. The van der Waals surface area contributed by atoms with E-state index in [2.05, 4.69) is 5.10 Å². The Hall–Kier alpha value is -2.67. The highest BCUT2D eigenvalue weighted by atomic mass is 16.5. The minimum Gasteiger partial charge on any atom is -0.492 e. The van der Waals surface area contributed by atoms with Crippen LogP contribution in [0.2, 0.25) is 0 Å². The standard InChI is InChI=1S/C20H27N3O4/c1-16(2)15-22(11-13-26-3)20(25)18-9-10-19(24)23(21-18)12-14-27-17-7-5-4-6-8-17/h4-10,16H,11-15H2,1-3H3. The summed E-state index contributed by atoms with van der Waals surface area (Å²) in [6.45, 7) is 6.16. The van der Waals surface area contributed by atoms with Gasteiger partial charge in [0.25, 0.3) is 11.5 Å². The van der Waals surface area contributed by atoms with Crippen molar-refractivity contribution in [3.8, 4) is 5.75 Å². The minimum absolute atomic E-state index is 0.210. The highest BCUT2D eigenvalue weighted by Gasteiger charge is 2.19. The summed E-state index contributed by atoms with van der Waals surface area (Å²) in [5.41, 5.74) is -0.0263. The van der Waals surface area contributed by atoms with E-state index in [0.29, 0.717) is 25.6 Å². The van der Waals surface area contributed by atoms with Crippen molar-refractivity contribution in [3.63, 3.8) is 0 Å². The molecule has 7 heteroatoms. The Bertz CT molecular complexity index is 774. The van der Waals surface area contributed by atoms with Gasteiger partial charge in [0.15, 0.2) is 0 Å². The third-order valence-corrected chi connectivity index (χ3v) is 3.84. The number of carbonyl (C=O) groups is 1. The Morgan fingerprint density at radius 3 is 2.56 bits per heavy atom. The fourth-order valence-electron chi connectivity index (χ4n) is 2.57. The number of benzene rings is 1. The van der Waals surface area contributed by atoms with Gasteiger partial charge >= 0.3 is 0 Å². The Labute approximate surface area is 159 Å². The first-order valence-electron chi connectivity index (χ1n) is 9.05. The minimum atomic E-state index is -0.268. The molecule has 0 saturated carbocycles. The van der Waals surface area contributed by atoms with Crippen LogP contribution < -0.4 is 10.3 Å². The second-order valence-corrected chi connectivity index (χ2v) is 6.58. The molecule has 0 saturated heterocycles. The van der Waals surface area contributed by atoms with E-state index in [1.165, 1.54) is 16.8 Å². The molecule has 146 valence electrons. The molecule has 1 heterocycles. The summed E-state index contributed by atoms with van der Waals surface area (Å²) in [7, 11) is 1.60. The van der Waals surface area contributed by atoms with Crippen LogP contribution >= 0.6 is 0 Å². The number of rotatable bonds is 10. The normalized spacial score (nSPS) is 10.8. The van der Waals surface area contributed by atoms with E-state index in [0.717, 1.165) is 5.75 Å². The summed E-state index contributed by atoms with van der Waals surface area (Å²) >= 11 is 0. The van der Waals surface area contributed by atoms with Crippen molar-refractivity contribution in [1.82, 2.24) is 14.7 Å². The molecule has 27 heavy (non-hydrogen) atoms. The van der Waals surface area contributed by atoms with E-state index in [-0.39, 0.29) is 30.3 Å². The van der Waals surface area contributed by atoms with Gasteiger partial charge in [-0.25, -0.2) is 4.68 Å². The van der Waals surface area contributed by atoms with Gasteiger partial charge in [-0.2, -0.15) is 5.10 Å². The molecule has 0 fully saturated rings. The van der Waals surface area contributed by atoms with Crippen molar-refractivity contribution >= 4 is 5.91 Å². The van der Waals surface area contributed by atoms with Crippen molar-refractivity contribution in [2.24, 2.45) is 5.92 Å². The zero-order valence-corrected chi connectivity index (χ0v) is 16.1. The quantitative estimate of drug-likeness (QED) is 0.637. The third-order valence-electron chi connectivity index (χ3n) is 3.84. The molecule has 7 nitrogen and oxygen atoms in total.